The molecule has 0 saturated carbocycles. The third-order valence-corrected chi connectivity index (χ3v) is 2.87. The van der Waals surface area contributed by atoms with Gasteiger partial charge in [0, 0.05) is 0 Å². The zero-order valence-electron chi connectivity index (χ0n) is 9.69. The molecule has 0 N–H and O–H groups in total. The van der Waals surface area contributed by atoms with E-state index >= 15 is 0 Å². The van der Waals surface area contributed by atoms with E-state index in [0.717, 1.165) is 5.56 Å². The standard InChI is InChI=1S/C12H14N2OSi/c1-16(2,3)15-12(9-14)11-6-4-10(8-13)5-7-11/h4-7,12H,1-3H3/t12-/m0/s1. The van der Waals surface area contributed by atoms with E-state index in [9.17, 15) is 0 Å². The van der Waals surface area contributed by atoms with Gasteiger partial charge in [-0.05, 0) is 37.3 Å². The van der Waals surface area contributed by atoms with Crippen LogP contribution in [0.4, 0.5) is 0 Å². The monoisotopic (exact) mass is 230 g/mol. The molecule has 0 aliphatic heterocycles. The number of benzene rings is 1. The van der Waals surface area contributed by atoms with E-state index in [1.165, 1.54) is 0 Å². The summed E-state index contributed by atoms with van der Waals surface area (Å²) in [5.41, 5.74) is 1.40. The van der Waals surface area contributed by atoms with Gasteiger partial charge in [-0.15, -0.1) is 0 Å². The molecule has 0 amide bonds. The summed E-state index contributed by atoms with van der Waals surface area (Å²) in [4.78, 5) is 0. The van der Waals surface area contributed by atoms with Crippen LogP contribution in [0.1, 0.15) is 17.2 Å². The van der Waals surface area contributed by atoms with Gasteiger partial charge in [0.15, 0.2) is 14.4 Å². The third kappa shape index (κ3) is 3.51. The van der Waals surface area contributed by atoms with Crippen LogP contribution in [0.5, 0.6) is 0 Å². The van der Waals surface area contributed by atoms with Gasteiger partial charge in [0.2, 0.25) is 0 Å². The summed E-state index contributed by atoms with van der Waals surface area (Å²) in [5, 5.41) is 17.7. The van der Waals surface area contributed by atoms with Crippen molar-refractivity contribution in [2.75, 3.05) is 0 Å². The van der Waals surface area contributed by atoms with Crippen molar-refractivity contribution in [3.63, 3.8) is 0 Å². The van der Waals surface area contributed by atoms with Crippen LogP contribution in [-0.2, 0) is 4.43 Å². The van der Waals surface area contributed by atoms with E-state index in [-0.39, 0.29) is 0 Å². The van der Waals surface area contributed by atoms with Crippen molar-refractivity contribution in [1.29, 1.82) is 10.5 Å². The number of hydrogen-bond donors (Lipinski definition) is 0. The molecule has 0 bridgehead atoms. The second-order valence-electron chi connectivity index (χ2n) is 4.47. The maximum atomic E-state index is 9.05. The zero-order chi connectivity index (χ0) is 12.2. The lowest BCUT2D eigenvalue weighted by Gasteiger charge is -2.21. The highest BCUT2D eigenvalue weighted by Gasteiger charge is 2.21. The van der Waals surface area contributed by atoms with Gasteiger partial charge in [0.1, 0.15) is 0 Å². The molecule has 0 aliphatic rings. The molecule has 0 saturated heterocycles. The van der Waals surface area contributed by atoms with Crippen molar-refractivity contribution < 1.29 is 4.43 Å². The Hall–Kier alpha value is -1.62. The fraction of sp³-hybridized carbons (Fsp3) is 0.333. The van der Waals surface area contributed by atoms with E-state index in [4.69, 9.17) is 14.9 Å². The first kappa shape index (κ1) is 12.4. The van der Waals surface area contributed by atoms with Crippen LogP contribution < -0.4 is 0 Å². The van der Waals surface area contributed by atoms with Gasteiger partial charge in [-0.3, -0.25) is 0 Å². The lowest BCUT2D eigenvalue weighted by Crippen LogP contribution is -2.27. The van der Waals surface area contributed by atoms with Crippen LogP contribution in [0, 0.1) is 22.7 Å². The van der Waals surface area contributed by atoms with Gasteiger partial charge in [-0.1, -0.05) is 12.1 Å². The Labute approximate surface area is 97.0 Å². The van der Waals surface area contributed by atoms with Gasteiger partial charge in [-0.25, -0.2) is 0 Å². The van der Waals surface area contributed by atoms with Gasteiger partial charge < -0.3 is 4.43 Å². The Kier molecular flexibility index (Phi) is 3.84. The molecule has 16 heavy (non-hydrogen) atoms. The first-order valence-corrected chi connectivity index (χ1v) is 8.44. The summed E-state index contributed by atoms with van der Waals surface area (Å²) in [6.07, 6.45) is -0.528. The number of nitriles is 2. The molecule has 1 aromatic carbocycles. The Morgan fingerprint density at radius 1 is 1.12 bits per heavy atom. The van der Waals surface area contributed by atoms with Crippen LogP contribution >= 0.6 is 0 Å². The van der Waals surface area contributed by atoms with Crippen LogP contribution in [0.2, 0.25) is 19.6 Å². The molecule has 3 nitrogen and oxygen atoms in total. The second-order valence-corrected chi connectivity index (χ2v) is 8.93. The third-order valence-electron chi connectivity index (χ3n) is 1.93. The predicted octanol–water partition coefficient (Wildman–Crippen LogP) is 2.97. The van der Waals surface area contributed by atoms with Gasteiger partial charge in [0.05, 0.1) is 17.7 Å². The van der Waals surface area contributed by atoms with E-state index < -0.39 is 14.4 Å². The molecule has 0 aliphatic carbocycles. The molecule has 0 radical (unpaired) electrons. The summed E-state index contributed by atoms with van der Waals surface area (Å²) in [5.74, 6) is 0. The van der Waals surface area contributed by atoms with Crippen molar-refractivity contribution >= 4 is 8.32 Å². The minimum atomic E-state index is -1.73. The lowest BCUT2D eigenvalue weighted by molar-refractivity contribution is 0.255. The molecule has 0 aromatic heterocycles. The van der Waals surface area contributed by atoms with E-state index in [2.05, 4.69) is 6.07 Å². The van der Waals surface area contributed by atoms with Crippen LogP contribution in [0.15, 0.2) is 24.3 Å². The fourth-order valence-electron chi connectivity index (χ4n) is 1.25. The molecule has 1 rings (SSSR count). The molecule has 4 heteroatoms. The maximum absolute atomic E-state index is 9.05. The average molecular weight is 230 g/mol. The van der Waals surface area contributed by atoms with Crippen molar-refractivity contribution in [3.8, 4) is 12.1 Å². The highest BCUT2D eigenvalue weighted by Crippen LogP contribution is 2.21. The molecule has 0 spiro atoms. The molecular weight excluding hydrogens is 216 g/mol. The van der Waals surface area contributed by atoms with Gasteiger partial charge >= 0.3 is 0 Å². The van der Waals surface area contributed by atoms with Crippen molar-refractivity contribution in [2.45, 2.75) is 25.7 Å². The van der Waals surface area contributed by atoms with Crippen LogP contribution in [0.3, 0.4) is 0 Å². The predicted molar refractivity (Wildman–Crippen MR) is 63.9 cm³/mol. The number of nitrogens with zero attached hydrogens (tertiary/aromatic N) is 2. The Morgan fingerprint density at radius 3 is 2.06 bits per heavy atom. The first-order valence-electron chi connectivity index (χ1n) is 5.04. The van der Waals surface area contributed by atoms with Crippen molar-refractivity contribution in [3.05, 3.63) is 35.4 Å². The number of rotatable bonds is 3. The smallest absolute Gasteiger partial charge is 0.186 e. The number of hydrogen-bond acceptors (Lipinski definition) is 3. The first-order chi connectivity index (χ1) is 7.46. The highest BCUT2D eigenvalue weighted by molar-refractivity contribution is 6.69. The quantitative estimate of drug-likeness (QED) is 0.750. The molecule has 1 atom stereocenters. The van der Waals surface area contributed by atoms with E-state index in [1.54, 1.807) is 24.3 Å². The molecule has 0 heterocycles. The summed E-state index contributed by atoms with van der Waals surface area (Å²) in [7, 11) is -1.73. The molecule has 82 valence electrons. The summed E-state index contributed by atoms with van der Waals surface area (Å²) in [6, 6.07) is 11.1. The Morgan fingerprint density at radius 2 is 1.69 bits per heavy atom. The largest absolute Gasteiger partial charge is 0.399 e. The topological polar surface area (TPSA) is 56.8 Å². The molecular formula is C12H14N2OSi. The maximum Gasteiger partial charge on any atom is 0.186 e. The second kappa shape index (κ2) is 4.94. The summed E-state index contributed by atoms with van der Waals surface area (Å²) >= 11 is 0. The van der Waals surface area contributed by atoms with Crippen molar-refractivity contribution in [1.82, 2.24) is 0 Å². The molecule has 0 fully saturated rings. The lowest BCUT2D eigenvalue weighted by atomic mass is 10.1. The molecule has 0 unspecified atom stereocenters. The average Bonchev–Trinajstić information content (AvgIpc) is 2.25. The molecule has 1 aromatic rings. The minimum absolute atomic E-state index is 0.528. The van der Waals surface area contributed by atoms with Gasteiger partial charge in [0.25, 0.3) is 0 Å². The van der Waals surface area contributed by atoms with E-state index in [0.29, 0.717) is 5.56 Å². The van der Waals surface area contributed by atoms with Gasteiger partial charge in [-0.2, -0.15) is 10.5 Å². The summed E-state index contributed by atoms with van der Waals surface area (Å²) < 4.78 is 5.74. The fourth-order valence-corrected chi connectivity index (χ4v) is 2.15. The van der Waals surface area contributed by atoms with Crippen molar-refractivity contribution in [2.24, 2.45) is 0 Å². The normalized spacial score (nSPS) is 12.6. The van der Waals surface area contributed by atoms with Crippen LogP contribution in [0.25, 0.3) is 0 Å². The van der Waals surface area contributed by atoms with Crippen LogP contribution in [-0.4, -0.2) is 8.32 Å². The van der Waals surface area contributed by atoms with E-state index in [1.807, 2.05) is 25.7 Å². The Bertz CT molecular complexity index is 434. The zero-order valence-corrected chi connectivity index (χ0v) is 10.7. The summed E-state index contributed by atoms with van der Waals surface area (Å²) in [6.45, 7) is 6.13. The SMILES string of the molecule is C[Si](C)(C)O[C@@H](C#N)c1ccc(C#N)cc1. The Balaban J connectivity index is 2.89. The minimum Gasteiger partial charge on any atom is -0.399 e. The highest BCUT2D eigenvalue weighted by atomic mass is 28.4.